The Morgan fingerprint density at radius 1 is 1.38 bits per heavy atom. The van der Waals surface area contributed by atoms with Crippen LogP contribution in [0.25, 0.3) is 0 Å². The van der Waals surface area contributed by atoms with E-state index in [0.29, 0.717) is 6.04 Å². The maximum absolute atomic E-state index is 5.71. The van der Waals surface area contributed by atoms with E-state index in [1.165, 1.54) is 0 Å². The van der Waals surface area contributed by atoms with Crippen molar-refractivity contribution in [1.82, 2.24) is 15.2 Å². The molecule has 0 aromatic carbocycles. The van der Waals surface area contributed by atoms with Crippen LogP contribution in [0.1, 0.15) is 20.8 Å². The minimum Gasteiger partial charge on any atom is -0.152 e. The first-order chi connectivity index (χ1) is 5.89. The predicted molar refractivity (Wildman–Crippen MR) is 59.6 cm³/mol. The van der Waals surface area contributed by atoms with Crippen LogP contribution in [-0.4, -0.2) is 38.4 Å². The zero-order valence-electron chi connectivity index (χ0n) is 9.59. The van der Waals surface area contributed by atoms with Gasteiger partial charge in [-0.2, -0.15) is 10.2 Å². The van der Waals surface area contributed by atoms with Gasteiger partial charge >= 0.3 is 7.79 Å². The zero-order valence-corrected chi connectivity index (χ0v) is 10.5. The van der Waals surface area contributed by atoms with Gasteiger partial charge in [0.15, 0.2) is 0 Å². The van der Waals surface area contributed by atoms with Crippen LogP contribution in [0.15, 0.2) is 0 Å². The van der Waals surface area contributed by atoms with Crippen molar-refractivity contribution in [2.75, 3.05) is 27.3 Å². The van der Waals surface area contributed by atoms with E-state index in [0.717, 1.165) is 6.54 Å². The predicted octanol–water partition coefficient (Wildman–Crippen LogP) is 1.48. The van der Waals surface area contributed by atoms with Gasteiger partial charge in [0, 0.05) is 26.7 Å². The summed E-state index contributed by atoms with van der Waals surface area (Å²) in [5.41, 5.74) is 0. The maximum Gasteiger partial charge on any atom is 0.307 e. The summed E-state index contributed by atoms with van der Waals surface area (Å²) in [6.07, 6.45) is 0. The normalized spacial score (nSPS) is 16.6. The van der Waals surface area contributed by atoms with E-state index in [9.17, 15) is 0 Å². The molecule has 0 rings (SSSR count). The third-order valence-corrected chi connectivity index (χ3v) is 3.87. The topological polar surface area (TPSA) is 36.5 Å². The van der Waals surface area contributed by atoms with Gasteiger partial charge in [-0.1, -0.05) is 0 Å². The summed E-state index contributed by atoms with van der Waals surface area (Å²) >= 11 is 0. The molecule has 0 aromatic rings. The van der Waals surface area contributed by atoms with Gasteiger partial charge in [-0.15, -0.1) is 9.71 Å². The molecule has 2 N–H and O–H groups in total. The summed E-state index contributed by atoms with van der Waals surface area (Å²) in [5, 5.41) is 8.52. The first-order valence-electron chi connectivity index (χ1n) is 4.66. The minimum absolute atomic E-state index is 0.428. The van der Waals surface area contributed by atoms with Crippen LogP contribution in [-0.2, 0) is 4.62 Å². The van der Waals surface area contributed by atoms with Crippen molar-refractivity contribution < 1.29 is 4.62 Å². The highest BCUT2D eigenvalue weighted by Crippen LogP contribution is 2.47. The Labute approximate surface area is 82.5 Å². The van der Waals surface area contributed by atoms with Gasteiger partial charge in [-0.25, -0.2) is 0 Å². The lowest BCUT2D eigenvalue weighted by Crippen LogP contribution is -2.35. The fourth-order valence-electron chi connectivity index (χ4n) is 1.22. The number of nitrogens with one attached hydrogen (secondary N) is 2. The Kier molecular flexibility index (Phi) is 6.01. The summed E-state index contributed by atoms with van der Waals surface area (Å²) in [7, 11) is 2.15. The molecule has 0 saturated heterocycles. The molecule has 0 aliphatic carbocycles. The smallest absolute Gasteiger partial charge is 0.152 e. The van der Waals surface area contributed by atoms with Crippen molar-refractivity contribution in [3.05, 3.63) is 0 Å². The fourth-order valence-corrected chi connectivity index (χ4v) is 3.66. The lowest BCUT2D eigenvalue weighted by Gasteiger charge is -2.25. The molecular weight excluding hydrogens is 185 g/mol. The first-order valence-corrected chi connectivity index (χ1v) is 6.81. The summed E-state index contributed by atoms with van der Waals surface area (Å²) in [4.78, 5) is 0. The second-order valence-electron chi connectivity index (χ2n) is 3.61. The van der Waals surface area contributed by atoms with Crippen molar-refractivity contribution in [2.45, 2.75) is 26.8 Å². The second kappa shape index (κ2) is 5.89. The van der Waals surface area contributed by atoms with E-state index in [2.05, 4.69) is 37.6 Å². The summed E-state index contributed by atoms with van der Waals surface area (Å²) < 4.78 is 5.71. The molecule has 80 valence electrons. The Hall–Kier alpha value is 0.270. The fraction of sp³-hybridized carbons (Fsp3) is 1.00. The molecule has 0 spiro atoms. The van der Waals surface area contributed by atoms with Gasteiger partial charge in [-0.05, 0) is 20.8 Å². The summed E-state index contributed by atoms with van der Waals surface area (Å²) in [6.45, 7) is 9.33. The number of hydrogen-bond acceptors (Lipinski definition) is 4. The number of hydrogen-bond donors (Lipinski definition) is 2. The molecule has 0 amide bonds. The lowest BCUT2D eigenvalue weighted by molar-refractivity contribution is 0.00112. The van der Waals surface area contributed by atoms with Crippen LogP contribution >= 0.6 is 7.79 Å². The van der Waals surface area contributed by atoms with Crippen LogP contribution in [0, 0.1) is 0 Å². The molecule has 5 heteroatoms. The highest BCUT2D eigenvalue weighted by atomic mass is 31.2. The van der Waals surface area contributed by atoms with Crippen molar-refractivity contribution in [3.8, 4) is 0 Å². The number of nitrogens with zero attached hydrogens (tertiary/aromatic N) is 1. The molecule has 0 heterocycles. The average molecular weight is 208 g/mol. The van der Waals surface area contributed by atoms with Crippen LogP contribution in [0.3, 0.4) is 0 Å². The molecular formula is C8H23N3OP+. The van der Waals surface area contributed by atoms with Crippen LogP contribution in [0.4, 0.5) is 0 Å². The Balaban J connectivity index is 4.15. The van der Waals surface area contributed by atoms with Gasteiger partial charge in [-0.3, -0.25) is 0 Å². The average Bonchev–Trinajstić information content (AvgIpc) is 1.81. The van der Waals surface area contributed by atoms with E-state index >= 15 is 0 Å². The van der Waals surface area contributed by atoms with Gasteiger partial charge in [0.1, 0.15) is 6.66 Å². The standard InChI is InChI=1S/C8H23N3OP/c1-7-9-13(6,10-8(2)3)12-11(4)5/h8-10H,7H2,1-6H3/q+1. The van der Waals surface area contributed by atoms with Crippen LogP contribution < -0.4 is 10.2 Å². The van der Waals surface area contributed by atoms with Crippen molar-refractivity contribution in [3.63, 3.8) is 0 Å². The van der Waals surface area contributed by atoms with Crippen molar-refractivity contribution >= 4 is 7.79 Å². The van der Waals surface area contributed by atoms with E-state index in [4.69, 9.17) is 4.62 Å². The molecule has 0 aliphatic rings. The van der Waals surface area contributed by atoms with Crippen LogP contribution in [0.5, 0.6) is 0 Å². The second-order valence-corrected chi connectivity index (χ2v) is 6.20. The molecule has 0 bridgehead atoms. The lowest BCUT2D eigenvalue weighted by atomic mass is 10.4. The van der Waals surface area contributed by atoms with Gasteiger partial charge in [0.25, 0.3) is 0 Å². The molecule has 1 unspecified atom stereocenters. The van der Waals surface area contributed by atoms with E-state index in [1.54, 1.807) is 5.06 Å². The molecule has 0 aliphatic heterocycles. The molecule has 0 aromatic heterocycles. The molecule has 0 radical (unpaired) electrons. The zero-order chi connectivity index (χ0) is 10.5. The number of hydroxylamine groups is 2. The molecule has 1 atom stereocenters. The third kappa shape index (κ3) is 6.36. The summed E-state index contributed by atoms with van der Waals surface area (Å²) in [6, 6.07) is 0.428. The van der Waals surface area contributed by atoms with Crippen molar-refractivity contribution in [1.29, 1.82) is 0 Å². The van der Waals surface area contributed by atoms with Gasteiger partial charge in [0.05, 0.1) is 0 Å². The highest BCUT2D eigenvalue weighted by molar-refractivity contribution is 7.66. The molecule has 0 fully saturated rings. The minimum atomic E-state index is -1.66. The monoisotopic (exact) mass is 208 g/mol. The Morgan fingerprint density at radius 3 is 2.23 bits per heavy atom. The van der Waals surface area contributed by atoms with Crippen molar-refractivity contribution in [2.24, 2.45) is 0 Å². The number of rotatable bonds is 6. The largest absolute Gasteiger partial charge is 0.307 e. The van der Waals surface area contributed by atoms with Crippen LogP contribution in [0.2, 0.25) is 0 Å². The molecule has 4 nitrogen and oxygen atoms in total. The van der Waals surface area contributed by atoms with E-state index in [-0.39, 0.29) is 0 Å². The van der Waals surface area contributed by atoms with Gasteiger partial charge < -0.3 is 0 Å². The SMILES string of the molecule is CCN[P+](C)(NC(C)C)ON(C)C. The van der Waals surface area contributed by atoms with Gasteiger partial charge in [0.2, 0.25) is 0 Å². The Morgan fingerprint density at radius 2 is 1.92 bits per heavy atom. The maximum atomic E-state index is 5.71. The first kappa shape index (κ1) is 13.3. The highest BCUT2D eigenvalue weighted by Gasteiger charge is 2.36. The van der Waals surface area contributed by atoms with E-state index in [1.807, 2.05) is 14.1 Å². The molecule has 0 saturated carbocycles. The molecule has 13 heavy (non-hydrogen) atoms. The quantitative estimate of drug-likeness (QED) is 0.512. The third-order valence-electron chi connectivity index (χ3n) is 1.29. The summed E-state index contributed by atoms with van der Waals surface area (Å²) in [5.74, 6) is 0. The van der Waals surface area contributed by atoms with E-state index < -0.39 is 7.79 Å². The Bertz CT molecular complexity index is 131.